The molecule has 10 heavy (non-hydrogen) atoms. The summed E-state index contributed by atoms with van der Waals surface area (Å²) in [6.45, 7) is 3.36. The molecule has 0 saturated carbocycles. The van der Waals surface area contributed by atoms with Crippen molar-refractivity contribution in [1.82, 2.24) is 0 Å². The first-order valence-corrected chi connectivity index (χ1v) is 3.38. The highest BCUT2D eigenvalue weighted by atomic mass is 16.1. The van der Waals surface area contributed by atoms with Crippen LogP contribution >= 0.6 is 0 Å². The molecule has 2 heteroatoms. The molecule has 2 nitrogen and oxygen atoms in total. The molecule has 0 aliphatic heterocycles. The molecule has 0 saturated heterocycles. The molecule has 0 aromatic heterocycles. The highest BCUT2D eigenvalue weighted by Gasteiger charge is 1.92. The lowest BCUT2D eigenvalue weighted by Gasteiger charge is -1.86. The van der Waals surface area contributed by atoms with Crippen LogP contribution in [0.1, 0.15) is 26.7 Å². The van der Waals surface area contributed by atoms with Gasteiger partial charge < -0.3 is 0 Å². The predicted molar refractivity (Wildman–Crippen MR) is 39.7 cm³/mol. The topological polar surface area (TPSA) is 34.1 Å². The molecule has 0 fully saturated rings. The van der Waals surface area contributed by atoms with Crippen LogP contribution in [0, 0.1) is 0 Å². The van der Waals surface area contributed by atoms with Crippen LogP contribution in [0.5, 0.6) is 0 Å². The van der Waals surface area contributed by atoms with E-state index in [0.29, 0.717) is 6.42 Å². The monoisotopic (exact) mass is 140 g/mol. The molecule has 0 aromatic rings. The fourth-order valence-corrected chi connectivity index (χ4v) is 0.540. The zero-order valence-electron chi connectivity index (χ0n) is 6.39. The summed E-state index contributed by atoms with van der Waals surface area (Å²) in [5.41, 5.74) is 0. The Balaban J connectivity index is 3.67. The number of allylic oxidation sites excluding steroid dienone is 2. The fraction of sp³-hybridized carbons (Fsp3) is 0.500. The summed E-state index contributed by atoms with van der Waals surface area (Å²) in [6.07, 6.45) is 4.01. The van der Waals surface area contributed by atoms with Gasteiger partial charge in [0.15, 0.2) is 11.6 Å². The molecular formula is C8H12O2. The SMILES string of the molecule is CCCC(=O)/C=C/C(C)=O. The van der Waals surface area contributed by atoms with Crippen LogP contribution < -0.4 is 0 Å². The first kappa shape index (κ1) is 9.08. The maximum absolute atomic E-state index is 10.7. The molecule has 0 amide bonds. The summed E-state index contributed by atoms with van der Waals surface area (Å²) in [5, 5.41) is 0. The van der Waals surface area contributed by atoms with E-state index in [1.165, 1.54) is 19.1 Å². The number of rotatable bonds is 4. The second kappa shape index (κ2) is 4.91. The predicted octanol–water partition coefficient (Wildman–Crippen LogP) is 1.50. The van der Waals surface area contributed by atoms with Gasteiger partial charge in [-0.15, -0.1) is 0 Å². The Morgan fingerprint density at radius 1 is 1.30 bits per heavy atom. The second-order valence-corrected chi connectivity index (χ2v) is 2.16. The van der Waals surface area contributed by atoms with E-state index in [0.717, 1.165) is 6.42 Å². The minimum absolute atomic E-state index is 0.0256. The van der Waals surface area contributed by atoms with E-state index in [1.54, 1.807) is 0 Å². The van der Waals surface area contributed by atoms with Crippen LogP contribution in [0.2, 0.25) is 0 Å². The lowest BCUT2D eigenvalue weighted by atomic mass is 10.2. The van der Waals surface area contributed by atoms with Gasteiger partial charge in [-0.25, -0.2) is 0 Å². The van der Waals surface area contributed by atoms with Crippen molar-refractivity contribution in [3.8, 4) is 0 Å². The van der Waals surface area contributed by atoms with Gasteiger partial charge in [0.2, 0.25) is 0 Å². The standard InChI is InChI=1S/C8H12O2/c1-3-4-8(10)6-5-7(2)9/h5-6H,3-4H2,1-2H3/b6-5+. The van der Waals surface area contributed by atoms with Crippen molar-refractivity contribution in [3.63, 3.8) is 0 Å². The molecule has 0 aromatic carbocycles. The summed E-state index contributed by atoms with van der Waals surface area (Å²) in [7, 11) is 0. The first-order chi connectivity index (χ1) is 4.66. The van der Waals surface area contributed by atoms with Gasteiger partial charge in [-0.05, 0) is 25.5 Å². The maximum Gasteiger partial charge on any atom is 0.155 e. The molecule has 0 unspecified atom stereocenters. The molecule has 56 valence electrons. The van der Waals surface area contributed by atoms with E-state index in [1.807, 2.05) is 6.92 Å². The molecule has 0 spiro atoms. The molecule has 0 rings (SSSR count). The van der Waals surface area contributed by atoms with Gasteiger partial charge in [0.25, 0.3) is 0 Å². The fourth-order valence-electron chi connectivity index (χ4n) is 0.540. The van der Waals surface area contributed by atoms with Crippen molar-refractivity contribution in [1.29, 1.82) is 0 Å². The van der Waals surface area contributed by atoms with Gasteiger partial charge in [0.05, 0.1) is 0 Å². The van der Waals surface area contributed by atoms with Gasteiger partial charge in [-0.3, -0.25) is 9.59 Å². The Morgan fingerprint density at radius 2 is 1.90 bits per heavy atom. The Morgan fingerprint density at radius 3 is 2.30 bits per heavy atom. The van der Waals surface area contributed by atoms with Crippen molar-refractivity contribution in [2.45, 2.75) is 26.7 Å². The normalized spacial score (nSPS) is 10.2. The highest BCUT2D eigenvalue weighted by molar-refractivity contribution is 5.97. The molecule has 0 bridgehead atoms. The molecular weight excluding hydrogens is 128 g/mol. The van der Waals surface area contributed by atoms with E-state index in [2.05, 4.69) is 0 Å². The summed E-state index contributed by atoms with van der Waals surface area (Å²) < 4.78 is 0. The van der Waals surface area contributed by atoms with Gasteiger partial charge in [0.1, 0.15) is 0 Å². The summed E-state index contributed by atoms with van der Waals surface area (Å²) in [4.78, 5) is 21.0. The van der Waals surface area contributed by atoms with Crippen molar-refractivity contribution in [2.24, 2.45) is 0 Å². The van der Waals surface area contributed by atoms with Gasteiger partial charge in [0, 0.05) is 6.42 Å². The smallest absolute Gasteiger partial charge is 0.155 e. The Kier molecular flexibility index (Phi) is 4.46. The van der Waals surface area contributed by atoms with Crippen molar-refractivity contribution < 1.29 is 9.59 Å². The summed E-state index contributed by atoms with van der Waals surface area (Å²) >= 11 is 0. The summed E-state index contributed by atoms with van der Waals surface area (Å²) in [5.74, 6) is -0.0536. The quantitative estimate of drug-likeness (QED) is 0.554. The first-order valence-electron chi connectivity index (χ1n) is 3.38. The average Bonchev–Trinajstić information content (AvgIpc) is 1.85. The minimum atomic E-state index is -0.0792. The lowest BCUT2D eigenvalue weighted by molar-refractivity contribution is -0.116. The van der Waals surface area contributed by atoms with E-state index in [9.17, 15) is 9.59 Å². The zero-order valence-corrected chi connectivity index (χ0v) is 6.39. The van der Waals surface area contributed by atoms with Crippen LogP contribution in [0.4, 0.5) is 0 Å². The number of hydrogen-bond donors (Lipinski definition) is 0. The number of carbonyl (C=O) groups is 2. The maximum atomic E-state index is 10.7. The Hall–Kier alpha value is -0.920. The number of hydrogen-bond acceptors (Lipinski definition) is 2. The van der Waals surface area contributed by atoms with Gasteiger partial charge in [-0.2, -0.15) is 0 Å². The van der Waals surface area contributed by atoms with E-state index >= 15 is 0 Å². The van der Waals surface area contributed by atoms with Gasteiger partial charge in [-0.1, -0.05) is 6.92 Å². The molecule has 0 heterocycles. The van der Waals surface area contributed by atoms with Crippen LogP contribution in [0.3, 0.4) is 0 Å². The third-order valence-electron chi connectivity index (χ3n) is 1.00. The highest BCUT2D eigenvalue weighted by Crippen LogP contribution is 1.90. The van der Waals surface area contributed by atoms with Crippen molar-refractivity contribution in [2.75, 3.05) is 0 Å². The second-order valence-electron chi connectivity index (χ2n) is 2.16. The number of carbonyl (C=O) groups excluding carboxylic acids is 2. The van der Waals surface area contributed by atoms with E-state index in [-0.39, 0.29) is 11.6 Å². The van der Waals surface area contributed by atoms with Crippen LogP contribution in [-0.2, 0) is 9.59 Å². The molecule has 0 aliphatic rings. The lowest BCUT2D eigenvalue weighted by Crippen LogP contribution is -1.92. The molecule has 0 atom stereocenters. The van der Waals surface area contributed by atoms with Crippen molar-refractivity contribution >= 4 is 11.6 Å². The van der Waals surface area contributed by atoms with Crippen molar-refractivity contribution in [3.05, 3.63) is 12.2 Å². The van der Waals surface area contributed by atoms with Crippen LogP contribution in [-0.4, -0.2) is 11.6 Å². The zero-order chi connectivity index (χ0) is 7.98. The van der Waals surface area contributed by atoms with Crippen LogP contribution in [0.25, 0.3) is 0 Å². The third-order valence-corrected chi connectivity index (χ3v) is 1.00. The molecule has 0 radical (unpaired) electrons. The third kappa shape index (κ3) is 5.22. The van der Waals surface area contributed by atoms with E-state index < -0.39 is 0 Å². The van der Waals surface area contributed by atoms with Crippen LogP contribution in [0.15, 0.2) is 12.2 Å². The largest absolute Gasteiger partial charge is 0.295 e. The Bertz CT molecular complexity index is 157. The summed E-state index contributed by atoms with van der Waals surface area (Å²) in [6, 6.07) is 0. The average molecular weight is 140 g/mol. The minimum Gasteiger partial charge on any atom is -0.295 e. The Labute approximate surface area is 60.9 Å². The van der Waals surface area contributed by atoms with Gasteiger partial charge >= 0.3 is 0 Å². The van der Waals surface area contributed by atoms with E-state index in [4.69, 9.17) is 0 Å². The molecule has 0 aliphatic carbocycles. The molecule has 0 N–H and O–H groups in total. The number of ketones is 2.